The monoisotopic (exact) mass is 327 g/mol. The molecule has 3 unspecified atom stereocenters. The average molecular weight is 328 g/mol. The van der Waals surface area contributed by atoms with E-state index in [1.807, 2.05) is 0 Å². The molecule has 2 N–H and O–H groups in total. The molecule has 0 aliphatic heterocycles. The van der Waals surface area contributed by atoms with E-state index in [4.69, 9.17) is 15.2 Å². The van der Waals surface area contributed by atoms with E-state index in [-0.39, 0.29) is 22.2 Å². The topological polar surface area (TPSA) is 44.5 Å². The Morgan fingerprint density at radius 3 is 2.04 bits per heavy atom. The summed E-state index contributed by atoms with van der Waals surface area (Å²) in [5, 5.41) is 0. The van der Waals surface area contributed by atoms with Crippen molar-refractivity contribution in [3.05, 3.63) is 0 Å². The van der Waals surface area contributed by atoms with E-state index in [2.05, 4.69) is 55.4 Å². The van der Waals surface area contributed by atoms with Crippen LogP contribution in [0, 0.1) is 11.3 Å². The highest BCUT2D eigenvalue weighted by molar-refractivity contribution is 4.98. The summed E-state index contributed by atoms with van der Waals surface area (Å²) in [6.45, 7) is 19.3. The summed E-state index contributed by atoms with van der Waals surface area (Å²) in [4.78, 5) is 0. The molecule has 1 aliphatic rings. The van der Waals surface area contributed by atoms with Gasteiger partial charge in [0.05, 0.1) is 17.8 Å². The lowest BCUT2D eigenvalue weighted by Crippen LogP contribution is -2.56. The molecule has 0 aromatic heterocycles. The van der Waals surface area contributed by atoms with Gasteiger partial charge in [-0.05, 0) is 65.2 Å². The zero-order valence-electron chi connectivity index (χ0n) is 16.9. The van der Waals surface area contributed by atoms with Gasteiger partial charge in [0.15, 0.2) is 0 Å². The molecule has 3 heteroatoms. The van der Waals surface area contributed by atoms with Crippen molar-refractivity contribution < 1.29 is 9.47 Å². The van der Waals surface area contributed by atoms with Gasteiger partial charge in [0.25, 0.3) is 0 Å². The Morgan fingerprint density at radius 1 is 1.04 bits per heavy atom. The predicted molar refractivity (Wildman–Crippen MR) is 98.7 cm³/mol. The van der Waals surface area contributed by atoms with Crippen LogP contribution in [0.4, 0.5) is 0 Å². The van der Waals surface area contributed by atoms with Gasteiger partial charge in [-0.15, -0.1) is 0 Å². The summed E-state index contributed by atoms with van der Waals surface area (Å²) >= 11 is 0. The first-order valence-electron chi connectivity index (χ1n) is 9.46. The number of hydrogen-bond donors (Lipinski definition) is 1. The SMILES string of the molecule is CCC(C)(C)OCCC(C)(C)C(C)(CC)OCC1CCC1(C)N. The Kier molecular flexibility index (Phi) is 6.74. The molecule has 1 rings (SSSR count). The minimum absolute atomic E-state index is 0.0347. The first-order valence-corrected chi connectivity index (χ1v) is 9.46. The van der Waals surface area contributed by atoms with Crippen LogP contribution in [0.3, 0.4) is 0 Å². The minimum atomic E-state index is -0.140. The highest BCUT2D eigenvalue weighted by Crippen LogP contribution is 2.43. The molecular weight excluding hydrogens is 286 g/mol. The minimum Gasteiger partial charge on any atom is -0.376 e. The normalized spacial score (nSPS) is 28.3. The number of rotatable bonds is 10. The molecule has 23 heavy (non-hydrogen) atoms. The van der Waals surface area contributed by atoms with Gasteiger partial charge in [0.1, 0.15) is 0 Å². The molecule has 1 aliphatic carbocycles. The highest BCUT2D eigenvalue weighted by Gasteiger charge is 2.44. The van der Waals surface area contributed by atoms with Crippen LogP contribution in [-0.4, -0.2) is 30.0 Å². The summed E-state index contributed by atoms with van der Waals surface area (Å²) in [6.07, 6.45) is 5.36. The molecular formula is C20H41NO2. The second-order valence-corrected chi connectivity index (χ2v) is 9.23. The summed E-state index contributed by atoms with van der Waals surface area (Å²) < 4.78 is 12.5. The van der Waals surface area contributed by atoms with Crippen LogP contribution in [0.2, 0.25) is 0 Å². The fourth-order valence-corrected chi connectivity index (χ4v) is 3.09. The third-order valence-electron chi connectivity index (χ3n) is 6.74. The van der Waals surface area contributed by atoms with E-state index in [9.17, 15) is 0 Å². The van der Waals surface area contributed by atoms with Gasteiger partial charge in [0, 0.05) is 18.1 Å². The second-order valence-electron chi connectivity index (χ2n) is 9.23. The Morgan fingerprint density at radius 2 is 1.65 bits per heavy atom. The van der Waals surface area contributed by atoms with Crippen LogP contribution in [0.15, 0.2) is 0 Å². The maximum atomic E-state index is 6.46. The average Bonchev–Trinajstić information content (AvgIpc) is 2.45. The van der Waals surface area contributed by atoms with Crippen molar-refractivity contribution in [1.82, 2.24) is 0 Å². The van der Waals surface area contributed by atoms with Crippen LogP contribution in [0.1, 0.15) is 87.5 Å². The molecule has 0 radical (unpaired) electrons. The van der Waals surface area contributed by atoms with Crippen molar-refractivity contribution in [3.63, 3.8) is 0 Å². The molecule has 3 atom stereocenters. The first kappa shape index (κ1) is 20.9. The Hall–Kier alpha value is -0.120. The Bertz CT molecular complexity index is 376. The fraction of sp³-hybridized carbons (Fsp3) is 1.00. The van der Waals surface area contributed by atoms with Crippen LogP contribution >= 0.6 is 0 Å². The molecule has 0 spiro atoms. The largest absolute Gasteiger partial charge is 0.376 e. The molecule has 0 saturated heterocycles. The smallest absolute Gasteiger partial charge is 0.0703 e. The summed E-state index contributed by atoms with van der Waals surface area (Å²) in [7, 11) is 0. The molecule has 1 fully saturated rings. The standard InChI is InChI=1S/C20H41NO2/c1-9-18(5,6)22-14-13-17(3,4)20(8,10-2)23-15-16-11-12-19(16,7)21/h16H,9-15,21H2,1-8H3. The van der Waals surface area contributed by atoms with Crippen molar-refractivity contribution in [1.29, 1.82) is 0 Å². The summed E-state index contributed by atoms with van der Waals surface area (Å²) in [5.74, 6) is 0.499. The third kappa shape index (κ3) is 5.17. The van der Waals surface area contributed by atoms with Gasteiger partial charge < -0.3 is 15.2 Å². The van der Waals surface area contributed by atoms with Crippen LogP contribution in [-0.2, 0) is 9.47 Å². The Balaban J connectivity index is 2.57. The lowest BCUT2D eigenvalue weighted by molar-refractivity contribution is -0.149. The third-order valence-corrected chi connectivity index (χ3v) is 6.74. The van der Waals surface area contributed by atoms with Crippen molar-refractivity contribution in [2.75, 3.05) is 13.2 Å². The van der Waals surface area contributed by atoms with Gasteiger partial charge in [-0.25, -0.2) is 0 Å². The van der Waals surface area contributed by atoms with Crippen LogP contribution < -0.4 is 5.73 Å². The quantitative estimate of drug-likeness (QED) is 0.619. The number of hydrogen-bond acceptors (Lipinski definition) is 3. The molecule has 1 saturated carbocycles. The number of ether oxygens (including phenoxy) is 2. The van der Waals surface area contributed by atoms with Crippen molar-refractivity contribution in [2.24, 2.45) is 17.1 Å². The summed E-state index contributed by atoms with van der Waals surface area (Å²) in [5.41, 5.74) is 6.15. The molecule has 0 aromatic rings. The van der Waals surface area contributed by atoms with E-state index >= 15 is 0 Å². The Labute approximate surface area is 144 Å². The fourth-order valence-electron chi connectivity index (χ4n) is 3.09. The molecule has 3 nitrogen and oxygen atoms in total. The lowest BCUT2D eigenvalue weighted by Gasteiger charge is -2.49. The van der Waals surface area contributed by atoms with Gasteiger partial charge in [-0.2, -0.15) is 0 Å². The van der Waals surface area contributed by atoms with Gasteiger partial charge in [-0.1, -0.05) is 27.7 Å². The maximum absolute atomic E-state index is 6.46. The molecule has 138 valence electrons. The van der Waals surface area contributed by atoms with Gasteiger partial charge in [-0.3, -0.25) is 0 Å². The molecule has 0 amide bonds. The van der Waals surface area contributed by atoms with Crippen LogP contribution in [0.5, 0.6) is 0 Å². The van der Waals surface area contributed by atoms with Crippen LogP contribution in [0.25, 0.3) is 0 Å². The van der Waals surface area contributed by atoms with E-state index in [0.29, 0.717) is 5.92 Å². The predicted octanol–water partition coefficient (Wildman–Crippen LogP) is 4.92. The molecule has 0 heterocycles. The van der Waals surface area contributed by atoms with E-state index in [1.165, 1.54) is 6.42 Å². The molecule has 0 bridgehead atoms. The van der Waals surface area contributed by atoms with E-state index in [0.717, 1.165) is 38.9 Å². The lowest BCUT2D eigenvalue weighted by atomic mass is 9.68. The zero-order chi connectivity index (χ0) is 17.9. The van der Waals surface area contributed by atoms with Gasteiger partial charge >= 0.3 is 0 Å². The van der Waals surface area contributed by atoms with Crippen molar-refractivity contribution >= 4 is 0 Å². The van der Waals surface area contributed by atoms with E-state index < -0.39 is 0 Å². The number of nitrogens with two attached hydrogens (primary N) is 1. The molecule has 0 aromatic carbocycles. The van der Waals surface area contributed by atoms with Crippen molar-refractivity contribution in [3.8, 4) is 0 Å². The highest BCUT2D eigenvalue weighted by atomic mass is 16.5. The zero-order valence-corrected chi connectivity index (χ0v) is 16.9. The summed E-state index contributed by atoms with van der Waals surface area (Å²) in [6, 6.07) is 0. The van der Waals surface area contributed by atoms with Gasteiger partial charge in [0.2, 0.25) is 0 Å². The van der Waals surface area contributed by atoms with Crippen molar-refractivity contribution in [2.45, 2.75) is 104 Å². The second kappa shape index (κ2) is 7.41. The maximum Gasteiger partial charge on any atom is 0.0703 e. The van der Waals surface area contributed by atoms with E-state index in [1.54, 1.807) is 0 Å². The first-order chi connectivity index (χ1) is 10.4.